The van der Waals surface area contributed by atoms with Gasteiger partial charge < -0.3 is 9.47 Å². The smallest absolute Gasteiger partial charge is 0.0562 e. The molecule has 11 aromatic carbocycles. The maximum Gasteiger partial charge on any atom is 0.0562 e. The molecule has 0 aliphatic carbocycles. The summed E-state index contributed by atoms with van der Waals surface area (Å²) in [4.78, 5) is 2.45. The van der Waals surface area contributed by atoms with Crippen LogP contribution in [-0.4, -0.2) is 4.57 Å². The van der Waals surface area contributed by atoms with Crippen molar-refractivity contribution in [3.05, 3.63) is 243 Å². The van der Waals surface area contributed by atoms with Gasteiger partial charge in [-0.3, -0.25) is 0 Å². The van der Waals surface area contributed by atoms with E-state index < -0.39 is 0 Å². The maximum absolute atomic E-state index is 2.45. The molecule has 62 heavy (non-hydrogen) atoms. The largest absolute Gasteiger partial charge is 0.310 e. The molecule has 0 atom stereocenters. The van der Waals surface area contributed by atoms with Gasteiger partial charge in [0, 0.05) is 27.8 Å². The van der Waals surface area contributed by atoms with E-state index in [2.05, 4.69) is 252 Å². The third-order valence-electron chi connectivity index (χ3n) is 12.5. The minimum absolute atomic E-state index is 1.09. The Morgan fingerprint density at radius 3 is 1.56 bits per heavy atom. The molecular weight excluding hydrogens is 749 g/mol. The van der Waals surface area contributed by atoms with E-state index in [4.69, 9.17) is 0 Å². The van der Waals surface area contributed by atoms with Gasteiger partial charge in [0.25, 0.3) is 0 Å². The Kier molecular flexibility index (Phi) is 8.53. The molecular formula is C60H40N2. The second kappa shape index (κ2) is 14.8. The van der Waals surface area contributed by atoms with Crippen LogP contribution in [0, 0.1) is 0 Å². The Morgan fingerprint density at radius 1 is 0.290 bits per heavy atom. The number of para-hydroxylation sites is 2. The van der Waals surface area contributed by atoms with E-state index in [-0.39, 0.29) is 0 Å². The molecule has 0 spiro atoms. The first-order valence-corrected chi connectivity index (χ1v) is 21.3. The Labute approximate surface area is 360 Å². The zero-order valence-corrected chi connectivity index (χ0v) is 34.0. The Hall–Kier alpha value is -8.20. The highest BCUT2D eigenvalue weighted by atomic mass is 15.1. The standard InChI is InChI=1S/C60H40N2/c1-3-15-42(16-4-1)53-23-11-18-44-19-12-24-54(59(44)53)43-32-35-51(36-33-43)61(57-26-13-27-58-60(57)55-22-9-10-25-56(55)62(58)50-20-5-2-6-21-50)52-37-34-48-39-47(30-31-49(48)40-52)46-29-28-41-14-7-8-17-45(41)38-46/h1-40H. The van der Waals surface area contributed by atoms with E-state index in [9.17, 15) is 0 Å². The van der Waals surface area contributed by atoms with E-state index >= 15 is 0 Å². The highest BCUT2D eigenvalue weighted by molar-refractivity contribution is 6.17. The summed E-state index contributed by atoms with van der Waals surface area (Å²) in [5, 5.41) is 9.83. The van der Waals surface area contributed by atoms with Crippen LogP contribution in [0.5, 0.6) is 0 Å². The minimum atomic E-state index is 1.09. The lowest BCUT2D eigenvalue weighted by Crippen LogP contribution is -2.10. The van der Waals surface area contributed by atoms with Crippen molar-refractivity contribution in [3.8, 4) is 39.1 Å². The van der Waals surface area contributed by atoms with Gasteiger partial charge >= 0.3 is 0 Å². The van der Waals surface area contributed by atoms with Gasteiger partial charge in [-0.2, -0.15) is 0 Å². The van der Waals surface area contributed by atoms with Gasteiger partial charge in [-0.1, -0.05) is 176 Å². The van der Waals surface area contributed by atoms with Gasteiger partial charge in [-0.05, 0) is 132 Å². The van der Waals surface area contributed by atoms with Crippen molar-refractivity contribution in [2.24, 2.45) is 0 Å². The van der Waals surface area contributed by atoms with Crippen molar-refractivity contribution in [1.82, 2.24) is 4.57 Å². The third-order valence-corrected chi connectivity index (χ3v) is 12.5. The molecule has 12 aromatic rings. The molecule has 0 radical (unpaired) electrons. The van der Waals surface area contributed by atoms with Crippen LogP contribution < -0.4 is 4.90 Å². The zero-order valence-electron chi connectivity index (χ0n) is 34.0. The van der Waals surface area contributed by atoms with E-state index in [0.29, 0.717) is 0 Å². The number of benzene rings is 11. The SMILES string of the molecule is c1ccc(-c2cccc3cccc(-c4ccc(N(c5ccc6cc(-c7ccc8ccccc8c7)ccc6c5)c5cccc6c5c5ccccc5n6-c5ccccc5)cc4)c23)cc1. The quantitative estimate of drug-likeness (QED) is 0.156. The molecule has 0 bridgehead atoms. The lowest BCUT2D eigenvalue weighted by atomic mass is 9.91. The first-order valence-electron chi connectivity index (χ1n) is 21.3. The van der Waals surface area contributed by atoms with Crippen LogP contribution in [-0.2, 0) is 0 Å². The first-order chi connectivity index (χ1) is 30.7. The van der Waals surface area contributed by atoms with Crippen molar-refractivity contribution in [2.75, 3.05) is 4.90 Å². The maximum atomic E-state index is 2.45. The van der Waals surface area contributed by atoms with Crippen LogP contribution in [0.2, 0.25) is 0 Å². The van der Waals surface area contributed by atoms with Crippen molar-refractivity contribution in [2.45, 2.75) is 0 Å². The fourth-order valence-corrected chi connectivity index (χ4v) is 9.62. The first kappa shape index (κ1) is 35.7. The zero-order chi connectivity index (χ0) is 41.0. The molecule has 0 aliphatic rings. The molecule has 0 saturated carbocycles. The van der Waals surface area contributed by atoms with Gasteiger partial charge in [-0.25, -0.2) is 0 Å². The summed E-state index contributed by atoms with van der Waals surface area (Å²) in [6.45, 7) is 0. The topological polar surface area (TPSA) is 8.17 Å². The highest BCUT2D eigenvalue weighted by Gasteiger charge is 2.22. The summed E-state index contributed by atoms with van der Waals surface area (Å²) in [5.41, 5.74) is 14.1. The molecule has 1 aromatic heterocycles. The number of hydrogen-bond donors (Lipinski definition) is 0. The highest BCUT2D eigenvalue weighted by Crippen LogP contribution is 2.45. The van der Waals surface area contributed by atoms with Gasteiger partial charge in [0.2, 0.25) is 0 Å². The molecule has 0 saturated heterocycles. The summed E-state index contributed by atoms with van der Waals surface area (Å²) in [6.07, 6.45) is 0. The molecule has 0 fully saturated rings. The Balaban J connectivity index is 1.04. The molecule has 2 heteroatoms. The fraction of sp³-hybridized carbons (Fsp3) is 0. The number of rotatable bonds is 7. The van der Waals surface area contributed by atoms with Crippen LogP contribution >= 0.6 is 0 Å². The van der Waals surface area contributed by atoms with Crippen LogP contribution in [0.1, 0.15) is 0 Å². The van der Waals surface area contributed by atoms with Gasteiger partial charge in [0.1, 0.15) is 0 Å². The second-order valence-electron chi connectivity index (χ2n) is 16.1. The van der Waals surface area contributed by atoms with E-state index in [1.165, 1.54) is 87.5 Å². The average Bonchev–Trinajstić information content (AvgIpc) is 3.69. The number of hydrogen-bond acceptors (Lipinski definition) is 1. The average molecular weight is 789 g/mol. The Morgan fingerprint density at radius 2 is 0.806 bits per heavy atom. The van der Waals surface area contributed by atoms with Crippen LogP contribution in [0.15, 0.2) is 243 Å². The number of nitrogens with zero attached hydrogens (tertiary/aromatic N) is 2. The molecule has 0 amide bonds. The molecule has 0 N–H and O–H groups in total. The molecule has 0 unspecified atom stereocenters. The number of aromatic nitrogens is 1. The predicted octanol–water partition coefficient (Wildman–Crippen LogP) is 16.7. The summed E-state index contributed by atoms with van der Waals surface area (Å²) in [6, 6.07) is 88.5. The fourth-order valence-electron chi connectivity index (χ4n) is 9.62. The molecule has 0 aliphatic heterocycles. The van der Waals surface area contributed by atoms with Gasteiger partial charge in [0.05, 0.1) is 16.7 Å². The lowest BCUT2D eigenvalue weighted by Gasteiger charge is -2.27. The van der Waals surface area contributed by atoms with Crippen molar-refractivity contribution in [1.29, 1.82) is 0 Å². The van der Waals surface area contributed by atoms with Gasteiger partial charge in [0.15, 0.2) is 0 Å². The van der Waals surface area contributed by atoms with Crippen molar-refractivity contribution < 1.29 is 0 Å². The molecule has 1 heterocycles. The van der Waals surface area contributed by atoms with Crippen molar-refractivity contribution >= 4 is 71.2 Å². The second-order valence-corrected chi connectivity index (χ2v) is 16.1. The van der Waals surface area contributed by atoms with E-state index in [1.807, 2.05) is 0 Å². The Bertz CT molecular complexity index is 3620. The number of anilines is 3. The molecule has 12 rings (SSSR count). The van der Waals surface area contributed by atoms with Crippen molar-refractivity contribution in [3.63, 3.8) is 0 Å². The van der Waals surface area contributed by atoms with Crippen LogP contribution in [0.3, 0.4) is 0 Å². The molecule has 2 nitrogen and oxygen atoms in total. The predicted molar refractivity (Wildman–Crippen MR) is 264 cm³/mol. The van der Waals surface area contributed by atoms with E-state index in [1.54, 1.807) is 0 Å². The summed E-state index contributed by atoms with van der Waals surface area (Å²) < 4.78 is 2.40. The summed E-state index contributed by atoms with van der Waals surface area (Å²) >= 11 is 0. The van der Waals surface area contributed by atoms with E-state index in [0.717, 1.165) is 22.7 Å². The lowest BCUT2D eigenvalue weighted by molar-refractivity contribution is 1.18. The van der Waals surface area contributed by atoms with Crippen LogP contribution in [0.25, 0.3) is 93.2 Å². The summed E-state index contributed by atoms with van der Waals surface area (Å²) in [5.74, 6) is 0. The normalized spacial score (nSPS) is 11.5. The molecule has 290 valence electrons. The monoisotopic (exact) mass is 788 g/mol. The van der Waals surface area contributed by atoms with Gasteiger partial charge in [-0.15, -0.1) is 0 Å². The minimum Gasteiger partial charge on any atom is -0.310 e. The summed E-state index contributed by atoms with van der Waals surface area (Å²) in [7, 11) is 0. The third kappa shape index (κ3) is 6.04. The number of fused-ring (bicyclic) bond motifs is 6. The van der Waals surface area contributed by atoms with Crippen LogP contribution in [0.4, 0.5) is 17.1 Å².